The van der Waals surface area contributed by atoms with Crippen LogP contribution in [0.25, 0.3) is 0 Å². The number of Topliss-reactive ketones (excluding diaryl/α,β-unsaturated/α-hetero) is 1. The van der Waals surface area contributed by atoms with E-state index in [0.717, 1.165) is 43.6 Å². The van der Waals surface area contributed by atoms with Gasteiger partial charge >= 0.3 is 0 Å². The zero-order valence-corrected chi connectivity index (χ0v) is 16.9. The number of hydrogen-bond donors (Lipinski definition) is 1. The van der Waals surface area contributed by atoms with E-state index in [0.29, 0.717) is 28.5 Å². The van der Waals surface area contributed by atoms with E-state index in [4.69, 9.17) is 23.2 Å². The Balaban J connectivity index is 1.38. The van der Waals surface area contributed by atoms with E-state index < -0.39 is 6.10 Å². The zero-order valence-electron chi connectivity index (χ0n) is 15.4. The van der Waals surface area contributed by atoms with Crippen molar-refractivity contribution < 1.29 is 14.3 Å². The number of halogens is 3. The number of carbonyl (C=O) groups is 1. The topological polar surface area (TPSA) is 40.5 Å². The van der Waals surface area contributed by atoms with Gasteiger partial charge in [-0.3, -0.25) is 4.79 Å². The van der Waals surface area contributed by atoms with Gasteiger partial charge in [0, 0.05) is 34.0 Å². The van der Waals surface area contributed by atoms with Gasteiger partial charge in [-0.1, -0.05) is 23.2 Å². The maximum atomic E-state index is 13.0. The number of hydrogen-bond acceptors (Lipinski definition) is 3. The van der Waals surface area contributed by atoms with Crippen molar-refractivity contribution >= 4 is 29.0 Å². The predicted octanol–water partition coefficient (Wildman–Crippen LogP) is 5.18. The summed E-state index contributed by atoms with van der Waals surface area (Å²) < 4.78 is 13.0. The predicted molar refractivity (Wildman–Crippen MR) is 109 cm³/mol. The summed E-state index contributed by atoms with van der Waals surface area (Å²) in [6.45, 7) is 2.55. The zero-order chi connectivity index (χ0) is 19.9. The van der Waals surface area contributed by atoms with E-state index in [1.807, 2.05) is 6.07 Å². The fourth-order valence-corrected chi connectivity index (χ4v) is 5.47. The first-order chi connectivity index (χ1) is 13.4. The molecule has 2 aliphatic rings. The Hall–Kier alpha value is -1.46. The molecule has 2 aromatic carbocycles. The molecule has 1 aliphatic carbocycles. The molecule has 1 spiro atoms. The normalized spacial score (nSPS) is 24.1. The molecule has 4 rings (SSSR count). The molecule has 6 heteroatoms. The Kier molecular flexibility index (Phi) is 5.49. The summed E-state index contributed by atoms with van der Waals surface area (Å²) in [7, 11) is 0. The van der Waals surface area contributed by atoms with Crippen molar-refractivity contribution in [3.05, 3.63) is 69.0 Å². The highest BCUT2D eigenvalue weighted by Crippen LogP contribution is 2.53. The number of aliphatic hydroxyl groups excluding tert-OH is 1. The second-order valence-electron chi connectivity index (χ2n) is 7.91. The van der Waals surface area contributed by atoms with Gasteiger partial charge in [-0.15, -0.1) is 0 Å². The minimum Gasteiger partial charge on any atom is -0.388 e. The van der Waals surface area contributed by atoms with Crippen LogP contribution in [0.15, 0.2) is 36.4 Å². The number of aliphatic hydroxyl groups is 1. The molecule has 0 radical (unpaired) electrons. The van der Waals surface area contributed by atoms with E-state index in [1.54, 1.807) is 6.07 Å². The molecule has 148 valence electrons. The third kappa shape index (κ3) is 3.71. The van der Waals surface area contributed by atoms with Crippen LogP contribution in [0.1, 0.15) is 53.3 Å². The highest BCUT2D eigenvalue weighted by atomic mass is 35.5. The quantitative estimate of drug-likeness (QED) is 0.676. The smallest absolute Gasteiger partial charge is 0.162 e. The van der Waals surface area contributed by atoms with Crippen molar-refractivity contribution in [1.29, 1.82) is 0 Å². The lowest BCUT2D eigenvalue weighted by molar-refractivity contribution is 0.0975. The molecular formula is C22H22Cl2FNO2. The second-order valence-corrected chi connectivity index (χ2v) is 8.76. The van der Waals surface area contributed by atoms with E-state index in [2.05, 4.69) is 4.90 Å². The van der Waals surface area contributed by atoms with Crippen LogP contribution in [-0.2, 0) is 5.41 Å². The monoisotopic (exact) mass is 421 g/mol. The molecule has 0 aromatic heterocycles. The summed E-state index contributed by atoms with van der Waals surface area (Å²) in [4.78, 5) is 14.6. The third-order valence-corrected chi connectivity index (χ3v) is 6.55. The third-order valence-electron chi connectivity index (χ3n) is 6.04. The SMILES string of the molecule is O=C(CCCN1CCC2(CC(O)c3cc(Cl)cc(Cl)c32)C1)c1ccc(F)cc1. The van der Waals surface area contributed by atoms with Gasteiger partial charge in [0.2, 0.25) is 0 Å². The summed E-state index contributed by atoms with van der Waals surface area (Å²) >= 11 is 12.6. The highest BCUT2D eigenvalue weighted by molar-refractivity contribution is 6.35. The van der Waals surface area contributed by atoms with E-state index in [9.17, 15) is 14.3 Å². The van der Waals surface area contributed by atoms with Crippen molar-refractivity contribution in [2.24, 2.45) is 0 Å². The number of rotatable bonds is 5. The number of nitrogens with zero attached hydrogens (tertiary/aromatic N) is 1. The first kappa shape index (κ1) is 19.8. The second kappa shape index (κ2) is 7.75. The number of carbonyl (C=O) groups excluding carboxylic acids is 1. The standard InChI is InChI=1S/C22H22Cl2FNO2/c23-15-10-17-20(28)12-22(21(17)18(24)11-15)7-9-26(13-22)8-1-2-19(27)14-3-5-16(25)6-4-14/h3-6,10-11,20,28H,1-2,7-9,12-13H2. The molecule has 2 aromatic rings. The number of ketones is 1. The van der Waals surface area contributed by atoms with Crippen molar-refractivity contribution in [3.63, 3.8) is 0 Å². The summed E-state index contributed by atoms with van der Waals surface area (Å²) in [6, 6.07) is 9.28. The maximum absolute atomic E-state index is 13.0. The minimum absolute atomic E-state index is 0.0354. The van der Waals surface area contributed by atoms with Crippen LogP contribution in [0.2, 0.25) is 10.0 Å². The van der Waals surface area contributed by atoms with Crippen LogP contribution >= 0.6 is 23.2 Å². The Morgan fingerprint density at radius 1 is 1.25 bits per heavy atom. The molecule has 0 saturated carbocycles. The molecule has 3 nitrogen and oxygen atoms in total. The van der Waals surface area contributed by atoms with Gasteiger partial charge in [0.05, 0.1) is 6.10 Å². The largest absolute Gasteiger partial charge is 0.388 e. The van der Waals surface area contributed by atoms with Crippen molar-refractivity contribution in [2.45, 2.75) is 37.2 Å². The Morgan fingerprint density at radius 2 is 2.00 bits per heavy atom. The molecule has 2 unspecified atom stereocenters. The summed E-state index contributed by atoms with van der Waals surface area (Å²) in [5.74, 6) is -0.300. The molecule has 2 atom stereocenters. The summed E-state index contributed by atoms with van der Waals surface area (Å²) in [5, 5.41) is 11.7. The fraction of sp³-hybridized carbons (Fsp3) is 0.409. The Bertz CT molecular complexity index is 902. The van der Waals surface area contributed by atoms with Crippen LogP contribution in [0.4, 0.5) is 4.39 Å². The summed E-state index contributed by atoms with van der Waals surface area (Å²) in [6.07, 6.45) is 2.24. The molecule has 1 N–H and O–H groups in total. The lowest BCUT2D eigenvalue weighted by atomic mass is 9.81. The lowest BCUT2D eigenvalue weighted by Crippen LogP contribution is -2.30. The van der Waals surface area contributed by atoms with Gasteiger partial charge < -0.3 is 10.0 Å². The van der Waals surface area contributed by atoms with Gasteiger partial charge in [-0.05, 0) is 79.9 Å². The average molecular weight is 422 g/mol. The van der Waals surface area contributed by atoms with Crippen LogP contribution < -0.4 is 0 Å². The van der Waals surface area contributed by atoms with Gasteiger partial charge in [-0.25, -0.2) is 4.39 Å². The molecule has 1 fully saturated rings. The molecule has 1 saturated heterocycles. The van der Waals surface area contributed by atoms with Gasteiger partial charge in [0.1, 0.15) is 5.82 Å². The molecular weight excluding hydrogens is 400 g/mol. The van der Waals surface area contributed by atoms with E-state index in [-0.39, 0.29) is 17.0 Å². The van der Waals surface area contributed by atoms with Crippen LogP contribution in [-0.4, -0.2) is 35.4 Å². The average Bonchev–Trinajstić information content (AvgIpc) is 3.16. The number of likely N-dealkylation sites (tertiary alicyclic amines) is 1. The molecule has 1 aliphatic heterocycles. The van der Waals surface area contributed by atoms with Crippen LogP contribution in [0.3, 0.4) is 0 Å². The molecule has 0 amide bonds. The van der Waals surface area contributed by atoms with E-state index in [1.165, 1.54) is 24.3 Å². The lowest BCUT2D eigenvalue weighted by Gasteiger charge is -2.26. The van der Waals surface area contributed by atoms with Crippen molar-refractivity contribution in [3.8, 4) is 0 Å². The number of fused-ring (bicyclic) bond motifs is 2. The molecule has 0 bridgehead atoms. The maximum Gasteiger partial charge on any atom is 0.162 e. The van der Waals surface area contributed by atoms with Crippen molar-refractivity contribution in [1.82, 2.24) is 4.90 Å². The van der Waals surface area contributed by atoms with Gasteiger partial charge in [0.25, 0.3) is 0 Å². The van der Waals surface area contributed by atoms with Gasteiger partial charge in [0.15, 0.2) is 5.78 Å². The number of benzene rings is 2. The highest BCUT2D eigenvalue weighted by Gasteiger charge is 2.48. The first-order valence-corrected chi connectivity index (χ1v) is 10.3. The molecule has 1 heterocycles. The van der Waals surface area contributed by atoms with Gasteiger partial charge in [-0.2, -0.15) is 0 Å². The van der Waals surface area contributed by atoms with Crippen LogP contribution in [0, 0.1) is 5.82 Å². The fourth-order valence-electron chi connectivity index (χ4n) is 4.76. The summed E-state index contributed by atoms with van der Waals surface area (Å²) in [5.41, 5.74) is 2.30. The molecule has 28 heavy (non-hydrogen) atoms. The van der Waals surface area contributed by atoms with E-state index >= 15 is 0 Å². The Labute approximate surface area is 174 Å². The van der Waals surface area contributed by atoms with Crippen molar-refractivity contribution in [2.75, 3.05) is 19.6 Å². The van der Waals surface area contributed by atoms with Crippen LogP contribution in [0.5, 0.6) is 0 Å². The Morgan fingerprint density at radius 3 is 2.75 bits per heavy atom. The minimum atomic E-state index is -0.536. The first-order valence-electron chi connectivity index (χ1n) is 9.57.